The van der Waals surface area contributed by atoms with E-state index in [1.807, 2.05) is 17.0 Å². The van der Waals surface area contributed by atoms with Gasteiger partial charge in [0.1, 0.15) is 0 Å². The van der Waals surface area contributed by atoms with Crippen LogP contribution in [0, 0.1) is 17.8 Å². The van der Waals surface area contributed by atoms with Gasteiger partial charge in [-0.05, 0) is 63.5 Å². The molecule has 1 atom stereocenters. The van der Waals surface area contributed by atoms with Crippen LogP contribution in [-0.4, -0.2) is 72.8 Å². The average Bonchev–Trinajstić information content (AvgIpc) is 3.18. The third kappa shape index (κ3) is 5.25. The number of fused-ring (bicyclic) bond motifs is 1. The molecule has 1 saturated carbocycles. The lowest BCUT2D eigenvalue weighted by Crippen LogP contribution is -2.47. The molecule has 5 rings (SSSR count). The van der Waals surface area contributed by atoms with E-state index in [0.29, 0.717) is 69.2 Å². The van der Waals surface area contributed by atoms with Crippen molar-refractivity contribution in [2.75, 3.05) is 44.2 Å². The summed E-state index contributed by atoms with van der Waals surface area (Å²) in [5.41, 5.74) is 1.85. The second kappa shape index (κ2) is 11.2. The van der Waals surface area contributed by atoms with Gasteiger partial charge in [0, 0.05) is 38.6 Å². The number of ether oxygens (including phenoxy) is 1. The molecule has 4 aliphatic rings. The average molecular weight is 510 g/mol. The minimum absolute atomic E-state index is 0.0888. The van der Waals surface area contributed by atoms with Gasteiger partial charge < -0.3 is 14.5 Å². The number of likely N-dealkylation sites (tertiary alicyclic amines) is 1. The van der Waals surface area contributed by atoms with Crippen LogP contribution in [0.1, 0.15) is 85.4 Å². The highest BCUT2D eigenvalue weighted by atomic mass is 16.5. The van der Waals surface area contributed by atoms with E-state index in [1.165, 1.54) is 24.2 Å². The third-order valence-electron chi connectivity index (χ3n) is 8.68. The van der Waals surface area contributed by atoms with E-state index in [1.54, 1.807) is 13.0 Å². The van der Waals surface area contributed by atoms with Crippen LogP contribution < -0.4 is 4.90 Å². The van der Waals surface area contributed by atoms with Crippen LogP contribution in [0.25, 0.3) is 0 Å². The standard InChI is InChI=1S/C29H39N3O5/c1-2-37-29(36)22-10-7-15-31(19-22)26(33)21-13-16-30(17-14-21)24-12-6-11-23-25(24)28(35)32(27(23)34)18-20-8-4-3-5-9-20/h6,11-12,20-22H,2-5,7-10,13-19H2,1H3/t22-/m0/s1. The second-order valence-electron chi connectivity index (χ2n) is 11.1. The predicted octanol–water partition coefficient (Wildman–Crippen LogP) is 3.88. The Hall–Kier alpha value is -2.90. The maximum atomic E-state index is 13.4. The highest BCUT2D eigenvalue weighted by Gasteiger charge is 2.40. The summed E-state index contributed by atoms with van der Waals surface area (Å²) >= 11 is 0. The van der Waals surface area contributed by atoms with E-state index < -0.39 is 0 Å². The highest BCUT2D eigenvalue weighted by Crippen LogP contribution is 2.36. The summed E-state index contributed by atoms with van der Waals surface area (Å²) < 4.78 is 5.18. The number of hydrogen-bond acceptors (Lipinski definition) is 6. The molecule has 1 aliphatic carbocycles. The molecule has 37 heavy (non-hydrogen) atoms. The molecule has 0 spiro atoms. The number of rotatable bonds is 6. The summed E-state index contributed by atoms with van der Waals surface area (Å²) in [5, 5.41) is 0. The van der Waals surface area contributed by atoms with Crippen LogP contribution in [0.5, 0.6) is 0 Å². The molecule has 0 radical (unpaired) electrons. The topological polar surface area (TPSA) is 87.2 Å². The van der Waals surface area contributed by atoms with Gasteiger partial charge in [0.25, 0.3) is 11.8 Å². The Morgan fingerprint density at radius 2 is 1.65 bits per heavy atom. The number of anilines is 1. The maximum Gasteiger partial charge on any atom is 0.310 e. The summed E-state index contributed by atoms with van der Waals surface area (Å²) in [7, 11) is 0. The van der Waals surface area contributed by atoms with Gasteiger partial charge >= 0.3 is 5.97 Å². The first kappa shape index (κ1) is 25.7. The molecule has 3 aliphatic heterocycles. The Kier molecular flexibility index (Phi) is 7.81. The molecule has 3 fully saturated rings. The van der Waals surface area contributed by atoms with Gasteiger partial charge in [-0.15, -0.1) is 0 Å². The Morgan fingerprint density at radius 1 is 0.892 bits per heavy atom. The fourth-order valence-electron chi connectivity index (χ4n) is 6.63. The van der Waals surface area contributed by atoms with Crippen molar-refractivity contribution in [2.45, 2.75) is 64.7 Å². The number of carbonyl (C=O) groups is 4. The molecule has 8 heteroatoms. The van der Waals surface area contributed by atoms with Crippen molar-refractivity contribution in [1.29, 1.82) is 0 Å². The monoisotopic (exact) mass is 509 g/mol. The molecule has 3 heterocycles. The van der Waals surface area contributed by atoms with E-state index in [4.69, 9.17) is 4.74 Å². The molecule has 1 aromatic rings. The summed E-state index contributed by atoms with van der Waals surface area (Å²) in [5.74, 6) is -0.337. The quantitative estimate of drug-likeness (QED) is 0.427. The summed E-state index contributed by atoms with van der Waals surface area (Å²) in [4.78, 5) is 57.5. The fraction of sp³-hybridized carbons (Fsp3) is 0.655. The van der Waals surface area contributed by atoms with E-state index in [2.05, 4.69) is 4.90 Å². The lowest BCUT2D eigenvalue weighted by Gasteiger charge is -2.38. The van der Waals surface area contributed by atoms with Gasteiger partial charge in [-0.25, -0.2) is 0 Å². The first-order valence-electron chi connectivity index (χ1n) is 14.2. The Morgan fingerprint density at radius 3 is 2.38 bits per heavy atom. The number of imide groups is 1. The highest BCUT2D eigenvalue weighted by molar-refractivity contribution is 6.23. The van der Waals surface area contributed by atoms with Gasteiger partial charge in [0.2, 0.25) is 5.91 Å². The first-order valence-corrected chi connectivity index (χ1v) is 14.2. The van der Waals surface area contributed by atoms with E-state index >= 15 is 0 Å². The number of carbonyl (C=O) groups excluding carboxylic acids is 4. The molecular weight excluding hydrogens is 470 g/mol. The normalized spacial score (nSPS) is 23.4. The zero-order chi connectivity index (χ0) is 25.9. The maximum absolute atomic E-state index is 13.4. The van der Waals surface area contributed by atoms with Crippen molar-refractivity contribution < 1.29 is 23.9 Å². The zero-order valence-electron chi connectivity index (χ0n) is 22.0. The largest absolute Gasteiger partial charge is 0.466 e. The third-order valence-corrected chi connectivity index (χ3v) is 8.68. The van der Waals surface area contributed by atoms with Crippen molar-refractivity contribution >= 4 is 29.4 Å². The van der Waals surface area contributed by atoms with Gasteiger partial charge in [-0.3, -0.25) is 24.1 Å². The van der Waals surface area contributed by atoms with Crippen molar-refractivity contribution in [2.24, 2.45) is 17.8 Å². The summed E-state index contributed by atoms with van der Waals surface area (Å²) in [6, 6.07) is 5.57. The Labute approximate surface area is 219 Å². The van der Waals surface area contributed by atoms with Crippen molar-refractivity contribution in [1.82, 2.24) is 9.80 Å². The number of benzene rings is 1. The molecule has 200 valence electrons. The van der Waals surface area contributed by atoms with Crippen LogP contribution in [-0.2, 0) is 14.3 Å². The van der Waals surface area contributed by atoms with Crippen molar-refractivity contribution in [3.63, 3.8) is 0 Å². The molecule has 0 N–H and O–H groups in total. The van der Waals surface area contributed by atoms with Crippen LogP contribution in [0.3, 0.4) is 0 Å². The molecule has 3 amide bonds. The number of amides is 3. The molecule has 0 unspecified atom stereocenters. The predicted molar refractivity (Wildman–Crippen MR) is 139 cm³/mol. The Bertz CT molecular complexity index is 1040. The Balaban J connectivity index is 1.22. The fourth-order valence-corrected chi connectivity index (χ4v) is 6.63. The number of piperidine rings is 2. The second-order valence-corrected chi connectivity index (χ2v) is 11.1. The SMILES string of the molecule is CCOC(=O)[C@H]1CCCN(C(=O)C2CCN(c3cccc4c3C(=O)N(CC3CCCCC3)C4=O)CC2)C1. The molecule has 8 nitrogen and oxygen atoms in total. The number of hydrogen-bond donors (Lipinski definition) is 0. The van der Waals surface area contributed by atoms with Crippen LogP contribution >= 0.6 is 0 Å². The van der Waals surface area contributed by atoms with Gasteiger partial charge in [0.05, 0.1) is 29.3 Å². The van der Waals surface area contributed by atoms with Crippen molar-refractivity contribution in [3.8, 4) is 0 Å². The van der Waals surface area contributed by atoms with Gasteiger partial charge in [-0.2, -0.15) is 0 Å². The molecule has 2 saturated heterocycles. The lowest BCUT2D eigenvalue weighted by atomic mass is 9.89. The van der Waals surface area contributed by atoms with Crippen LogP contribution in [0.2, 0.25) is 0 Å². The summed E-state index contributed by atoms with van der Waals surface area (Å²) in [6.45, 7) is 5.13. The lowest BCUT2D eigenvalue weighted by molar-refractivity contribution is -0.152. The summed E-state index contributed by atoms with van der Waals surface area (Å²) in [6.07, 6.45) is 8.72. The van der Waals surface area contributed by atoms with E-state index in [0.717, 1.165) is 31.4 Å². The van der Waals surface area contributed by atoms with E-state index in [-0.39, 0.29) is 35.5 Å². The molecule has 0 aromatic heterocycles. The molecule has 1 aromatic carbocycles. The van der Waals surface area contributed by atoms with Crippen molar-refractivity contribution in [3.05, 3.63) is 29.3 Å². The minimum Gasteiger partial charge on any atom is -0.466 e. The van der Waals surface area contributed by atoms with Gasteiger partial charge in [-0.1, -0.05) is 25.3 Å². The van der Waals surface area contributed by atoms with Crippen LogP contribution in [0.4, 0.5) is 5.69 Å². The molecule has 0 bridgehead atoms. The zero-order valence-corrected chi connectivity index (χ0v) is 22.0. The number of esters is 1. The van der Waals surface area contributed by atoms with Crippen LogP contribution in [0.15, 0.2) is 18.2 Å². The first-order chi connectivity index (χ1) is 18.0. The minimum atomic E-state index is -0.232. The number of nitrogens with zero attached hydrogens (tertiary/aromatic N) is 3. The van der Waals surface area contributed by atoms with E-state index in [9.17, 15) is 19.2 Å². The molecular formula is C29H39N3O5. The smallest absolute Gasteiger partial charge is 0.310 e. The van der Waals surface area contributed by atoms with Gasteiger partial charge in [0.15, 0.2) is 0 Å².